The van der Waals surface area contributed by atoms with Crippen LogP contribution < -0.4 is 10.5 Å². The number of nitrogen functional groups attached to an aromatic ring is 1. The summed E-state index contributed by atoms with van der Waals surface area (Å²) in [4.78, 5) is 4.72. The number of hydrogen-bond donors (Lipinski definition) is 1. The Morgan fingerprint density at radius 1 is 1.09 bits per heavy atom. The topological polar surface area (TPSA) is 48.1 Å². The summed E-state index contributed by atoms with van der Waals surface area (Å²) >= 11 is 1.67. The van der Waals surface area contributed by atoms with Gasteiger partial charge in [0, 0.05) is 16.8 Å². The number of benzene rings is 2. The fourth-order valence-corrected chi connectivity index (χ4v) is 3.50. The molecule has 3 rings (SSSR count). The van der Waals surface area contributed by atoms with E-state index in [1.165, 1.54) is 5.56 Å². The summed E-state index contributed by atoms with van der Waals surface area (Å²) in [6, 6.07) is 12.1. The van der Waals surface area contributed by atoms with Crippen molar-refractivity contribution < 1.29 is 4.74 Å². The molecule has 2 N–H and O–H groups in total. The standard InChI is InChI=1S/C18H20N2OS/c1-18(2,3)13-9-11(5-8-15(13)21-4)17-20-14-7-6-12(19)10-16(14)22-17/h5-10H,19H2,1-4H3. The molecule has 0 amide bonds. The number of nitrogens with zero attached hydrogens (tertiary/aromatic N) is 1. The number of hydrogen-bond acceptors (Lipinski definition) is 4. The van der Waals surface area contributed by atoms with Crippen LogP contribution in [0.2, 0.25) is 0 Å². The second kappa shape index (κ2) is 5.29. The number of rotatable bonds is 2. The maximum Gasteiger partial charge on any atom is 0.124 e. The van der Waals surface area contributed by atoms with Gasteiger partial charge in [0.05, 0.1) is 17.3 Å². The van der Waals surface area contributed by atoms with Gasteiger partial charge in [-0.15, -0.1) is 11.3 Å². The quantitative estimate of drug-likeness (QED) is 0.688. The summed E-state index contributed by atoms with van der Waals surface area (Å²) in [7, 11) is 1.71. The molecule has 1 heterocycles. The van der Waals surface area contributed by atoms with E-state index in [9.17, 15) is 0 Å². The summed E-state index contributed by atoms with van der Waals surface area (Å²) in [6.07, 6.45) is 0. The summed E-state index contributed by atoms with van der Waals surface area (Å²) in [5.74, 6) is 0.918. The molecule has 0 aliphatic carbocycles. The number of fused-ring (bicyclic) bond motifs is 1. The third-order valence-corrected chi connectivity index (χ3v) is 4.73. The number of thiazole rings is 1. The first-order chi connectivity index (χ1) is 10.4. The molecule has 0 atom stereocenters. The Labute approximate surface area is 134 Å². The fraction of sp³-hybridized carbons (Fsp3) is 0.278. The number of methoxy groups -OCH3 is 1. The Morgan fingerprint density at radius 2 is 1.86 bits per heavy atom. The van der Waals surface area contributed by atoms with Crippen molar-refractivity contribution in [1.29, 1.82) is 0 Å². The third-order valence-electron chi connectivity index (χ3n) is 3.67. The minimum absolute atomic E-state index is 0.0163. The van der Waals surface area contributed by atoms with E-state index in [0.29, 0.717) is 0 Å². The molecule has 0 bridgehead atoms. The Hall–Kier alpha value is -2.07. The van der Waals surface area contributed by atoms with Gasteiger partial charge in [0.25, 0.3) is 0 Å². The minimum atomic E-state index is 0.0163. The number of anilines is 1. The number of ether oxygens (including phenoxy) is 1. The average Bonchev–Trinajstić information content (AvgIpc) is 2.88. The lowest BCUT2D eigenvalue weighted by atomic mass is 9.85. The van der Waals surface area contributed by atoms with Gasteiger partial charge in [0.1, 0.15) is 10.8 Å². The van der Waals surface area contributed by atoms with Crippen molar-refractivity contribution in [2.75, 3.05) is 12.8 Å². The molecule has 0 fully saturated rings. The van der Waals surface area contributed by atoms with Crippen LogP contribution in [0.1, 0.15) is 26.3 Å². The molecule has 0 aliphatic heterocycles. The fourth-order valence-electron chi connectivity index (χ4n) is 2.49. The Balaban J connectivity index is 2.14. The summed E-state index contributed by atoms with van der Waals surface area (Å²) in [5.41, 5.74) is 9.93. The predicted molar refractivity (Wildman–Crippen MR) is 94.7 cm³/mol. The molecule has 114 valence electrons. The van der Waals surface area contributed by atoms with Crippen molar-refractivity contribution in [3.8, 4) is 16.3 Å². The highest BCUT2D eigenvalue weighted by Gasteiger charge is 2.20. The van der Waals surface area contributed by atoms with Crippen LogP contribution in [0.15, 0.2) is 36.4 Å². The van der Waals surface area contributed by atoms with Gasteiger partial charge in [0.15, 0.2) is 0 Å². The van der Waals surface area contributed by atoms with Crippen molar-refractivity contribution in [2.24, 2.45) is 0 Å². The second-order valence-electron chi connectivity index (χ2n) is 6.41. The highest BCUT2D eigenvalue weighted by atomic mass is 32.1. The zero-order valence-electron chi connectivity index (χ0n) is 13.3. The Morgan fingerprint density at radius 3 is 2.55 bits per heavy atom. The second-order valence-corrected chi connectivity index (χ2v) is 7.44. The maximum atomic E-state index is 5.85. The predicted octanol–water partition coefficient (Wildman–Crippen LogP) is 4.85. The van der Waals surface area contributed by atoms with Crippen LogP contribution in [0.25, 0.3) is 20.8 Å². The first-order valence-corrected chi connectivity index (χ1v) is 8.05. The number of nitrogens with two attached hydrogens (primary N) is 1. The lowest BCUT2D eigenvalue weighted by Crippen LogP contribution is -2.12. The SMILES string of the molecule is COc1ccc(-c2nc3ccc(N)cc3s2)cc1C(C)(C)C. The highest BCUT2D eigenvalue weighted by molar-refractivity contribution is 7.21. The molecular formula is C18H20N2OS. The zero-order chi connectivity index (χ0) is 15.9. The van der Waals surface area contributed by atoms with Gasteiger partial charge >= 0.3 is 0 Å². The van der Waals surface area contributed by atoms with E-state index in [2.05, 4.69) is 32.9 Å². The first kappa shape index (κ1) is 14.9. The first-order valence-electron chi connectivity index (χ1n) is 7.23. The molecule has 2 aromatic carbocycles. The van der Waals surface area contributed by atoms with Gasteiger partial charge in [-0.3, -0.25) is 0 Å². The molecule has 0 aliphatic rings. The van der Waals surface area contributed by atoms with E-state index in [0.717, 1.165) is 32.2 Å². The largest absolute Gasteiger partial charge is 0.496 e. The van der Waals surface area contributed by atoms with Crippen LogP contribution in [-0.4, -0.2) is 12.1 Å². The van der Waals surface area contributed by atoms with Gasteiger partial charge in [-0.05, 0) is 41.8 Å². The summed E-state index contributed by atoms with van der Waals surface area (Å²) < 4.78 is 6.62. The Bertz CT molecular complexity index is 831. The van der Waals surface area contributed by atoms with E-state index >= 15 is 0 Å². The molecule has 0 unspecified atom stereocenters. The monoisotopic (exact) mass is 312 g/mol. The van der Waals surface area contributed by atoms with E-state index < -0.39 is 0 Å². The van der Waals surface area contributed by atoms with Crippen molar-refractivity contribution >= 4 is 27.2 Å². The third kappa shape index (κ3) is 2.66. The van der Waals surface area contributed by atoms with E-state index in [4.69, 9.17) is 15.5 Å². The molecule has 0 radical (unpaired) electrons. The van der Waals surface area contributed by atoms with Crippen molar-refractivity contribution in [3.05, 3.63) is 42.0 Å². The molecule has 0 saturated heterocycles. The van der Waals surface area contributed by atoms with Crippen LogP contribution in [0.4, 0.5) is 5.69 Å². The molecule has 22 heavy (non-hydrogen) atoms. The molecule has 1 aromatic heterocycles. The number of aromatic nitrogens is 1. The van der Waals surface area contributed by atoms with E-state index in [1.807, 2.05) is 24.3 Å². The molecule has 0 spiro atoms. The van der Waals surface area contributed by atoms with Gasteiger partial charge in [-0.2, -0.15) is 0 Å². The van der Waals surface area contributed by atoms with Gasteiger partial charge < -0.3 is 10.5 Å². The lowest BCUT2D eigenvalue weighted by molar-refractivity contribution is 0.397. The maximum absolute atomic E-state index is 5.85. The van der Waals surface area contributed by atoms with Gasteiger partial charge in [-0.1, -0.05) is 20.8 Å². The molecular weight excluding hydrogens is 292 g/mol. The Kier molecular flexibility index (Phi) is 3.57. The molecule has 4 heteroatoms. The van der Waals surface area contributed by atoms with Crippen LogP contribution in [0.3, 0.4) is 0 Å². The molecule has 3 aromatic rings. The van der Waals surface area contributed by atoms with Gasteiger partial charge in [0.2, 0.25) is 0 Å². The molecule has 3 nitrogen and oxygen atoms in total. The normalized spacial score (nSPS) is 11.8. The van der Waals surface area contributed by atoms with Crippen LogP contribution in [0.5, 0.6) is 5.75 Å². The van der Waals surface area contributed by atoms with E-state index in [1.54, 1.807) is 18.4 Å². The van der Waals surface area contributed by atoms with Crippen molar-refractivity contribution in [2.45, 2.75) is 26.2 Å². The lowest BCUT2D eigenvalue weighted by Gasteiger charge is -2.22. The van der Waals surface area contributed by atoms with Crippen LogP contribution >= 0.6 is 11.3 Å². The van der Waals surface area contributed by atoms with Gasteiger partial charge in [-0.25, -0.2) is 4.98 Å². The summed E-state index contributed by atoms with van der Waals surface area (Å²) in [5, 5.41) is 1.01. The van der Waals surface area contributed by atoms with Crippen molar-refractivity contribution in [1.82, 2.24) is 4.98 Å². The smallest absolute Gasteiger partial charge is 0.124 e. The van der Waals surface area contributed by atoms with Crippen molar-refractivity contribution in [3.63, 3.8) is 0 Å². The van der Waals surface area contributed by atoms with Crippen LogP contribution in [0, 0.1) is 0 Å². The van der Waals surface area contributed by atoms with Crippen LogP contribution in [-0.2, 0) is 5.41 Å². The molecule has 0 saturated carbocycles. The zero-order valence-corrected chi connectivity index (χ0v) is 14.1. The van der Waals surface area contributed by atoms with E-state index in [-0.39, 0.29) is 5.41 Å². The summed E-state index contributed by atoms with van der Waals surface area (Å²) in [6.45, 7) is 6.56. The highest BCUT2D eigenvalue weighted by Crippen LogP contribution is 2.37. The minimum Gasteiger partial charge on any atom is -0.496 e. The average molecular weight is 312 g/mol.